The maximum Gasteiger partial charge on any atom is 0.166 e. The highest BCUT2D eigenvalue weighted by atomic mass is 32.2. The third kappa shape index (κ3) is 3.35. The molecule has 0 fully saturated rings. The van der Waals surface area contributed by atoms with Crippen molar-refractivity contribution in [3.05, 3.63) is 24.3 Å². The minimum absolute atomic E-state index is 0.179. The normalized spacial score (nSPS) is 14.1. The van der Waals surface area contributed by atoms with Gasteiger partial charge in [0.2, 0.25) is 0 Å². The average molecular weight is 309 g/mol. The van der Waals surface area contributed by atoms with E-state index in [-0.39, 0.29) is 5.54 Å². The first kappa shape index (κ1) is 15.8. The first-order valence-electron chi connectivity index (χ1n) is 7.30. The number of para-hydroxylation sites is 1. The van der Waals surface area contributed by atoms with E-state index in [2.05, 4.69) is 63.2 Å². The molecular weight excluding hydrogens is 284 g/mol. The van der Waals surface area contributed by atoms with E-state index < -0.39 is 0 Å². The van der Waals surface area contributed by atoms with Crippen molar-refractivity contribution in [1.82, 2.24) is 9.29 Å². The number of hydrogen-bond donors (Lipinski definition) is 0. The van der Waals surface area contributed by atoms with Gasteiger partial charge in [-0.3, -0.25) is 0 Å². The minimum Gasteiger partial charge on any atom is -0.236 e. The third-order valence-corrected chi connectivity index (χ3v) is 6.51. The van der Waals surface area contributed by atoms with Gasteiger partial charge in [-0.15, -0.1) is 11.3 Å². The molecule has 0 aliphatic rings. The predicted molar refractivity (Wildman–Crippen MR) is 91.4 cm³/mol. The van der Waals surface area contributed by atoms with Gasteiger partial charge in [0.25, 0.3) is 0 Å². The molecule has 0 aliphatic heterocycles. The van der Waals surface area contributed by atoms with Gasteiger partial charge < -0.3 is 0 Å². The van der Waals surface area contributed by atoms with Crippen molar-refractivity contribution in [3.63, 3.8) is 0 Å². The monoisotopic (exact) mass is 308 g/mol. The summed E-state index contributed by atoms with van der Waals surface area (Å²) >= 11 is 3.61. The Morgan fingerprint density at radius 3 is 2.60 bits per heavy atom. The van der Waals surface area contributed by atoms with Crippen LogP contribution in [-0.2, 0) is 0 Å². The molecule has 0 amide bonds. The number of rotatable bonds is 6. The maximum absolute atomic E-state index is 4.76. The zero-order valence-electron chi connectivity index (χ0n) is 13.0. The SMILES string of the molecule is CCC(C)N(Sc1nc2ccccc2s1)C(C)(C)CC. The van der Waals surface area contributed by atoms with Crippen LogP contribution in [0.15, 0.2) is 28.6 Å². The molecule has 1 atom stereocenters. The summed E-state index contributed by atoms with van der Waals surface area (Å²) in [5.41, 5.74) is 1.29. The molecule has 110 valence electrons. The Bertz CT molecular complexity index is 529. The molecule has 0 spiro atoms. The van der Waals surface area contributed by atoms with Gasteiger partial charge >= 0.3 is 0 Å². The number of benzene rings is 1. The number of thiazole rings is 1. The van der Waals surface area contributed by atoms with E-state index in [0.717, 1.165) is 22.7 Å². The van der Waals surface area contributed by atoms with Gasteiger partial charge in [-0.25, -0.2) is 9.29 Å². The summed E-state index contributed by atoms with van der Waals surface area (Å²) < 4.78 is 4.94. The molecule has 1 unspecified atom stereocenters. The second-order valence-corrected chi connectivity index (χ2v) is 8.04. The summed E-state index contributed by atoms with van der Waals surface area (Å²) in [5.74, 6) is 0. The standard InChI is InChI=1S/C16H24N2S2/c1-6-12(3)18(16(4,5)7-2)20-15-17-13-10-8-9-11-14(13)19-15/h8-12H,6-7H2,1-5H3. The first-order chi connectivity index (χ1) is 9.47. The molecule has 4 heteroatoms. The van der Waals surface area contributed by atoms with E-state index in [4.69, 9.17) is 4.98 Å². The molecule has 2 aromatic rings. The smallest absolute Gasteiger partial charge is 0.166 e. The van der Waals surface area contributed by atoms with Crippen LogP contribution in [0.1, 0.15) is 47.5 Å². The Hall–Kier alpha value is -0.580. The van der Waals surface area contributed by atoms with E-state index >= 15 is 0 Å². The van der Waals surface area contributed by atoms with E-state index in [1.54, 1.807) is 11.3 Å². The van der Waals surface area contributed by atoms with Crippen LogP contribution in [0.3, 0.4) is 0 Å². The van der Waals surface area contributed by atoms with Crippen LogP contribution in [-0.4, -0.2) is 20.9 Å². The van der Waals surface area contributed by atoms with Crippen LogP contribution in [0.25, 0.3) is 10.2 Å². The first-order valence-corrected chi connectivity index (χ1v) is 8.89. The van der Waals surface area contributed by atoms with Gasteiger partial charge in [0.1, 0.15) is 0 Å². The molecule has 1 aromatic carbocycles. The van der Waals surface area contributed by atoms with Crippen molar-refractivity contribution in [3.8, 4) is 0 Å². The molecular formula is C16H24N2S2. The van der Waals surface area contributed by atoms with Crippen LogP contribution in [0.4, 0.5) is 0 Å². The Kier molecular flexibility index (Phi) is 5.10. The molecule has 0 saturated carbocycles. The van der Waals surface area contributed by atoms with Gasteiger partial charge in [-0.05, 0) is 57.7 Å². The molecule has 2 rings (SSSR count). The molecule has 2 nitrogen and oxygen atoms in total. The largest absolute Gasteiger partial charge is 0.236 e. The lowest BCUT2D eigenvalue weighted by molar-refractivity contribution is 0.190. The highest BCUT2D eigenvalue weighted by Gasteiger charge is 2.30. The van der Waals surface area contributed by atoms with Crippen molar-refractivity contribution in [1.29, 1.82) is 0 Å². The van der Waals surface area contributed by atoms with Crippen LogP contribution in [0, 0.1) is 0 Å². The molecule has 1 aromatic heterocycles. The maximum atomic E-state index is 4.76. The molecule has 20 heavy (non-hydrogen) atoms. The van der Waals surface area contributed by atoms with Gasteiger partial charge in [0, 0.05) is 11.6 Å². The van der Waals surface area contributed by atoms with Gasteiger partial charge in [0.05, 0.1) is 10.2 Å². The van der Waals surface area contributed by atoms with E-state index in [1.807, 2.05) is 11.9 Å². The van der Waals surface area contributed by atoms with Gasteiger partial charge in [0.15, 0.2) is 4.34 Å². The van der Waals surface area contributed by atoms with Crippen molar-refractivity contribution in [2.45, 2.75) is 63.4 Å². The van der Waals surface area contributed by atoms with E-state index in [9.17, 15) is 0 Å². The molecule has 0 N–H and O–H groups in total. The molecule has 0 bridgehead atoms. The summed E-state index contributed by atoms with van der Waals surface area (Å²) in [7, 11) is 0. The van der Waals surface area contributed by atoms with Crippen molar-refractivity contribution < 1.29 is 0 Å². The summed E-state index contributed by atoms with van der Waals surface area (Å²) in [6.07, 6.45) is 2.29. The third-order valence-electron chi connectivity index (χ3n) is 3.90. The van der Waals surface area contributed by atoms with Crippen LogP contribution >= 0.6 is 23.3 Å². The summed E-state index contributed by atoms with van der Waals surface area (Å²) in [4.78, 5) is 4.76. The number of aromatic nitrogens is 1. The highest BCUT2D eigenvalue weighted by molar-refractivity contribution is 7.99. The van der Waals surface area contributed by atoms with Gasteiger partial charge in [-0.1, -0.05) is 26.0 Å². The zero-order chi connectivity index (χ0) is 14.8. The predicted octanol–water partition coefficient (Wildman–Crippen LogP) is 5.59. The summed E-state index contributed by atoms with van der Waals surface area (Å²) in [6, 6.07) is 8.92. The second-order valence-electron chi connectivity index (χ2n) is 5.79. The van der Waals surface area contributed by atoms with Gasteiger partial charge in [-0.2, -0.15) is 0 Å². The molecule has 1 heterocycles. The topological polar surface area (TPSA) is 16.1 Å². The Morgan fingerprint density at radius 2 is 2.00 bits per heavy atom. The number of hydrogen-bond acceptors (Lipinski definition) is 4. The lowest BCUT2D eigenvalue weighted by Crippen LogP contribution is -2.43. The van der Waals surface area contributed by atoms with E-state index in [1.165, 1.54) is 4.70 Å². The Morgan fingerprint density at radius 1 is 1.30 bits per heavy atom. The highest BCUT2D eigenvalue weighted by Crippen LogP contribution is 2.38. The average Bonchev–Trinajstić information content (AvgIpc) is 2.86. The van der Waals surface area contributed by atoms with Crippen molar-refractivity contribution in [2.24, 2.45) is 0 Å². The zero-order valence-corrected chi connectivity index (χ0v) is 14.6. The summed E-state index contributed by atoms with van der Waals surface area (Å²) in [5, 5.41) is 0. The van der Waals surface area contributed by atoms with E-state index in [0.29, 0.717) is 6.04 Å². The second kappa shape index (κ2) is 6.46. The molecule has 0 radical (unpaired) electrons. The molecule has 0 aliphatic carbocycles. The fraction of sp³-hybridized carbons (Fsp3) is 0.562. The van der Waals surface area contributed by atoms with Crippen LogP contribution < -0.4 is 0 Å². The summed E-state index contributed by atoms with van der Waals surface area (Å²) in [6.45, 7) is 11.5. The number of nitrogens with zero attached hydrogens (tertiary/aromatic N) is 2. The Labute approximate surface area is 130 Å². The fourth-order valence-corrected chi connectivity index (χ4v) is 4.48. The lowest BCUT2D eigenvalue weighted by Gasteiger charge is -2.40. The Balaban J connectivity index is 2.27. The van der Waals surface area contributed by atoms with Crippen LogP contribution in [0.2, 0.25) is 0 Å². The van der Waals surface area contributed by atoms with Crippen molar-refractivity contribution in [2.75, 3.05) is 0 Å². The molecule has 0 saturated heterocycles. The minimum atomic E-state index is 0.179. The van der Waals surface area contributed by atoms with Crippen LogP contribution in [0.5, 0.6) is 0 Å². The fourth-order valence-electron chi connectivity index (χ4n) is 2.11. The lowest BCUT2D eigenvalue weighted by atomic mass is 10.0. The van der Waals surface area contributed by atoms with Crippen molar-refractivity contribution >= 4 is 33.5 Å². The quantitative estimate of drug-likeness (QED) is 0.647. The number of fused-ring (bicyclic) bond motifs is 1.